The minimum absolute atomic E-state index is 0.0269. The molecule has 1 N–H and O–H groups in total. The van der Waals surface area contributed by atoms with Crippen molar-refractivity contribution in [2.24, 2.45) is 11.8 Å². The zero-order chi connectivity index (χ0) is 11.5. The van der Waals surface area contributed by atoms with Gasteiger partial charge in [0.1, 0.15) is 0 Å². The standard InChI is InChI=1S/C12H19NO3/c14-11(4-5-12(15)16)13-7-9-2-1-3-10(6-9)8-13/h9-10H,1-8H2,(H,15,16). The Hall–Kier alpha value is -1.06. The lowest BCUT2D eigenvalue weighted by atomic mass is 9.78. The van der Waals surface area contributed by atoms with Crippen LogP contribution in [0, 0.1) is 11.8 Å². The highest BCUT2D eigenvalue weighted by Gasteiger charge is 2.32. The molecule has 0 aromatic carbocycles. The van der Waals surface area contributed by atoms with E-state index in [1.807, 2.05) is 4.90 Å². The fourth-order valence-electron chi connectivity index (χ4n) is 3.01. The molecule has 2 fully saturated rings. The van der Waals surface area contributed by atoms with Gasteiger partial charge in [-0.2, -0.15) is 0 Å². The van der Waals surface area contributed by atoms with Crippen LogP contribution < -0.4 is 0 Å². The number of piperidine rings is 1. The first-order valence-corrected chi connectivity index (χ1v) is 6.14. The largest absolute Gasteiger partial charge is 0.481 e. The molecule has 1 saturated heterocycles. The van der Waals surface area contributed by atoms with Crippen LogP contribution in [0.15, 0.2) is 0 Å². The molecule has 90 valence electrons. The van der Waals surface area contributed by atoms with Gasteiger partial charge >= 0.3 is 5.97 Å². The lowest BCUT2D eigenvalue weighted by molar-refractivity contribution is -0.142. The Kier molecular flexibility index (Phi) is 3.46. The summed E-state index contributed by atoms with van der Waals surface area (Å²) in [7, 11) is 0. The summed E-state index contributed by atoms with van der Waals surface area (Å²) in [4.78, 5) is 24.1. The van der Waals surface area contributed by atoms with Crippen LogP contribution in [0.5, 0.6) is 0 Å². The summed E-state index contributed by atoms with van der Waals surface area (Å²) in [6.45, 7) is 1.71. The summed E-state index contributed by atoms with van der Waals surface area (Å²) in [6, 6.07) is 0. The van der Waals surface area contributed by atoms with Crippen LogP contribution >= 0.6 is 0 Å². The lowest BCUT2D eigenvalue weighted by Gasteiger charge is -2.41. The Morgan fingerprint density at radius 1 is 1.12 bits per heavy atom. The molecule has 16 heavy (non-hydrogen) atoms. The fourth-order valence-corrected chi connectivity index (χ4v) is 3.01. The average Bonchev–Trinajstić information content (AvgIpc) is 2.25. The molecule has 0 aromatic heterocycles. The zero-order valence-corrected chi connectivity index (χ0v) is 9.52. The predicted octanol–water partition coefficient (Wildman–Crippen LogP) is 1.50. The normalized spacial score (nSPS) is 28.9. The van der Waals surface area contributed by atoms with E-state index in [9.17, 15) is 9.59 Å². The van der Waals surface area contributed by atoms with Crippen molar-refractivity contribution >= 4 is 11.9 Å². The first kappa shape index (κ1) is 11.4. The van der Waals surface area contributed by atoms with Gasteiger partial charge in [-0.05, 0) is 31.1 Å². The first-order chi connectivity index (χ1) is 7.65. The SMILES string of the molecule is O=C(O)CCC(=O)N1CC2CCCC(C2)C1. The minimum atomic E-state index is -0.884. The monoisotopic (exact) mass is 225 g/mol. The molecule has 4 heteroatoms. The molecule has 0 spiro atoms. The summed E-state index contributed by atoms with van der Waals surface area (Å²) in [5, 5.41) is 8.55. The van der Waals surface area contributed by atoms with Gasteiger partial charge in [0.15, 0.2) is 0 Å². The molecule has 2 bridgehead atoms. The number of carbonyl (C=O) groups excluding carboxylic acids is 1. The molecule has 1 aliphatic heterocycles. The molecule has 2 aliphatic rings. The summed E-state index contributed by atoms with van der Waals surface area (Å²) >= 11 is 0. The Balaban J connectivity index is 1.85. The van der Waals surface area contributed by atoms with Crippen molar-refractivity contribution in [3.8, 4) is 0 Å². The van der Waals surface area contributed by atoms with Gasteiger partial charge in [0.25, 0.3) is 0 Å². The number of aliphatic carboxylic acids is 1. The third kappa shape index (κ3) is 2.74. The van der Waals surface area contributed by atoms with Gasteiger partial charge in [0.2, 0.25) is 5.91 Å². The summed E-state index contributed by atoms with van der Waals surface area (Å²) < 4.78 is 0. The van der Waals surface area contributed by atoms with E-state index >= 15 is 0 Å². The Labute approximate surface area is 95.6 Å². The maximum Gasteiger partial charge on any atom is 0.303 e. The van der Waals surface area contributed by atoms with Gasteiger partial charge in [-0.1, -0.05) is 6.42 Å². The molecule has 1 amide bonds. The second-order valence-corrected chi connectivity index (χ2v) is 5.09. The topological polar surface area (TPSA) is 57.6 Å². The highest BCUT2D eigenvalue weighted by atomic mass is 16.4. The van der Waals surface area contributed by atoms with Crippen molar-refractivity contribution in [1.29, 1.82) is 0 Å². The number of hydrogen-bond acceptors (Lipinski definition) is 2. The van der Waals surface area contributed by atoms with E-state index in [4.69, 9.17) is 5.11 Å². The number of amides is 1. The molecule has 0 radical (unpaired) electrons. The maximum atomic E-state index is 11.8. The second-order valence-electron chi connectivity index (χ2n) is 5.09. The van der Waals surface area contributed by atoms with Gasteiger partial charge < -0.3 is 10.0 Å². The Morgan fingerprint density at radius 3 is 2.31 bits per heavy atom. The quantitative estimate of drug-likeness (QED) is 0.791. The third-order valence-corrected chi connectivity index (χ3v) is 3.75. The summed E-state index contributed by atoms with van der Waals surface area (Å²) in [5.74, 6) is 0.479. The van der Waals surface area contributed by atoms with E-state index in [2.05, 4.69) is 0 Å². The van der Waals surface area contributed by atoms with Crippen LogP contribution in [0.3, 0.4) is 0 Å². The van der Waals surface area contributed by atoms with E-state index in [1.54, 1.807) is 0 Å². The molecule has 2 atom stereocenters. The molecule has 1 heterocycles. The van der Waals surface area contributed by atoms with Gasteiger partial charge in [0.05, 0.1) is 6.42 Å². The molecule has 4 nitrogen and oxygen atoms in total. The second kappa shape index (κ2) is 4.85. The average molecular weight is 225 g/mol. The van der Waals surface area contributed by atoms with Crippen molar-refractivity contribution < 1.29 is 14.7 Å². The van der Waals surface area contributed by atoms with Crippen molar-refractivity contribution in [2.45, 2.75) is 38.5 Å². The van der Waals surface area contributed by atoms with E-state index < -0.39 is 5.97 Å². The van der Waals surface area contributed by atoms with Crippen LogP contribution in [0.25, 0.3) is 0 Å². The first-order valence-electron chi connectivity index (χ1n) is 6.14. The molecular weight excluding hydrogens is 206 g/mol. The molecular formula is C12H19NO3. The van der Waals surface area contributed by atoms with Crippen molar-refractivity contribution in [3.63, 3.8) is 0 Å². The number of likely N-dealkylation sites (tertiary alicyclic amines) is 1. The number of carboxylic acids is 1. The number of carboxylic acid groups (broad SMARTS) is 1. The van der Waals surface area contributed by atoms with Crippen LogP contribution in [-0.4, -0.2) is 35.0 Å². The van der Waals surface area contributed by atoms with Crippen molar-refractivity contribution in [1.82, 2.24) is 4.90 Å². The van der Waals surface area contributed by atoms with Gasteiger partial charge in [0, 0.05) is 19.5 Å². The number of hydrogen-bond donors (Lipinski definition) is 1. The Bertz CT molecular complexity index is 278. The zero-order valence-electron chi connectivity index (χ0n) is 9.52. The molecule has 2 unspecified atom stereocenters. The van der Waals surface area contributed by atoms with E-state index in [0.29, 0.717) is 11.8 Å². The van der Waals surface area contributed by atoms with Crippen LogP contribution in [-0.2, 0) is 9.59 Å². The van der Waals surface area contributed by atoms with Crippen LogP contribution in [0.1, 0.15) is 38.5 Å². The molecule has 1 aliphatic carbocycles. The number of nitrogens with zero attached hydrogens (tertiary/aromatic N) is 1. The van der Waals surface area contributed by atoms with Gasteiger partial charge in [-0.15, -0.1) is 0 Å². The van der Waals surface area contributed by atoms with E-state index in [-0.39, 0.29) is 18.7 Å². The van der Waals surface area contributed by atoms with Crippen molar-refractivity contribution in [2.75, 3.05) is 13.1 Å². The van der Waals surface area contributed by atoms with Gasteiger partial charge in [-0.25, -0.2) is 0 Å². The molecule has 1 saturated carbocycles. The van der Waals surface area contributed by atoms with Crippen molar-refractivity contribution in [3.05, 3.63) is 0 Å². The van der Waals surface area contributed by atoms with Crippen LogP contribution in [0.4, 0.5) is 0 Å². The van der Waals surface area contributed by atoms with E-state index in [1.165, 1.54) is 25.7 Å². The lowest BCUT2D eigenvalue weighted by Crippen LogP contribution is -2.45. The predicted molar refractivity (Wildman–Crippen MR) is 58.9 cm³/mol. The smallest absolute Gasteiger partial charge is 0.303 e. The fraction of sp³-hybridized carbons (Fsp3) is 0.833. The number of carbonyl (C=O) groups is 2. The highest BCUT2D eigenvalue weighted by molar-refractivity contribution is 5.80. The third-order valence-electron chi connectivity index (χ3n) is 3.75. The molecule has 0 aromatic rings. The highest BCUT2D eigenvalue weighted by Crippen LogP contribution is 2.34. The number of rotatable bonds is 3. The minimum Gasteiger partial charge on any atom is -0.481 e. The summed E-state index contributed by atoms with van der Waals surface area (Å²) in [5.41, 5.74) is 0. The van der Waals surface area contributed by atoms with E-state index in [0.717, 1.165) is 13.1 Å². The Morgan fingerprint density at radius 2 is 1.75 bits per heavy atom. The maximum absolute atomic E-state index is 11.8. The van der Waals surface area contributed by atoms with Gasteiger partial charge in [-0.3, -0.25) is 9.59 Å². The molecule has 2 rings (SSSR count). The number of fused-ring (bicyclic) bond motifs is 2. The van der Waals surface area contributed by atoms with Crippen LogP contribution in [0.2, 0.25) is 0 Å². The summed E-state index contributed by atoms with van der Waals surface area (Å²) in [6.07, 6.45) is 5.16.